The third-order valence-electron chi connectivity index (χ3n) is 1.85. The maximum atomic E-state index is 12.8. The lowest BCUT2D eigenvalue weighted by atomic mass is 10.1. The van der Waals surface area contributed by atoms with E-state index < -0.39 is 11.6 Å². The second kappa shape index (κ2) is 3.76. The number of aromatic nitrogens is 2. The number of benzene rings is 1. The molecule has 0 aliphatic heterocycles. The van der Waals surface area contributed by atoms with Crippen molar-refractivity contribution < 1.29 is 13.3 Å². The lowest BCUT2D eigenvalue weighted by Gasteiger charge is -1.97. The van der Waals surface area contributed by atoms with Gasteiger partial charge in [0, 0.05) is 6.07 Å². The van der Waals surface area contributed by atoms with E-state index in [4.69, 9.17) is 4.52 Å². The largest absolute Gasteiger partial charge is 0.339 e. The first kappa shape index (κ1) is 9.76. The van der Waals surface area contributed by atoms with Gasteiger partial charge >= 0.3 is 0 Å². The summed E-state index contributed by atoms with van der Waals surface area (Å²) in [7, 11) is 0. The smallest absolute Gasteiger partial charge is 0.231 e. The molecule has 0 spiro atoms. The summed E-state index contributed by atoms with van der Waals surface area (Å²) in [5.41, 5.74) is 0.469. The third-order valence-corrected chi connectivity index (χ3v) is 1.85. The fraction of sp³-hybridized carbons (Fsp3) is 0.200. The molecule has 0 aliphatic rings. The van der Waals surface area contributed by atoms with Gasteiger partial charge in [-0.25, -0.2) is 8.78 Å². The quantitative estimate of drug-likeness (QED) is 0.763. The van der Waals surface area contributed by atoms with Crippen molar-refractivity contribution in [1.82, 2.24) is 10.1 Å². The highest BCUT2D eigenvalue weighted by Gasteiger charge is 2.06. The molecule has 0 fully saturated rings. The molecule has 0 aliphatic carbocycles. The number of hydrogen-bond donors (Lipinski definition) is 0. The van der Waals surface area contributed by atoms with Crippen LogP contribution in [0, 0.1) is 18.6 Å². The molecule has 0 atom stereocenters. The van der Waals surface area contributed by atoms with Gasteiger partial charge in [0.25, 0.3) is 0 Å². The number of aryl methyl sites for hydroxylation is 1. The van der Waals surface area contributed by atoms with Crippen molar-refractivity contribution in [3.63, 3.8) is 0 Å². The van der Waals surface area contributed by atoms with Crippen LogP contribution < -0.4 is 0 Å². The summed E-state index contributed by atoms with van der Waals surface area (Å²) in [6, 6.07) is 3.30. The summed E-state index contributed by atoms with van der Waals surface area (Å²) in [6.07, 6.45) is 0.232. The fourth-order valence-corrected chi connectivity index (χ4v) is 1.30. The van der Waals surface area contributed by atoms with Crippen molar-refractivity contribution in [2.75, 3.05) is 0 Å². The van der Waals surface area contributed by atoms with Crippen LogP contribution >= 0.6 is 0 Å². The van der Waals surface area contributed by atoms with Crippen LogP contribution in [0.1, 0.15) is 17.3 Å². The van der Waals surface area contributed by atoms with Crippen LogP contribution in [-0.2, 0) is 6.42 Å². The van der Waals surface area contributed by atoms with Gasteiger partial charge in [-0.1, -0.05) is 5.16 Å². The molecule has 5 heteroatoms. The Morgan fingerprint density at radius 3 is 2.40 bits per heavy atom. The molecule has 2 aromatic rings. The molecule has 0 radical (unpaired) electrons. The Balaban J connectivity index is 2.24. The lowest BCUT2D eigenvalue weighted by Crippen LogP contribution is -1.91. The zero-order valence-corrected chi connectivity index (χ0v) is 8.00. The second-order valence-electron chi connectivity index (χ2n) is 3.19. The van der Waals surface area contributed by atoms with Crippen LogP contribution in [-0.4, -0.2) is 10.1 Å². The Kier molecular flexibility index (Phi) is 2.45. The maximum absolute atomic E-state index is 12.8. The highest BCUT2D eigenvalue weighted by atomic mass is 19.1. The second-order valence-corrected chi connectivity index (χ2v) is 3.19. The molecule has 0 saturated carbocycles. The minimum Gasteiger partial charge on any atom is -0.339 e. The van der Waals surface area contributed by atoms with Crippen molar-refractivity contribution >= 4 is 0 Å². The van der Waals surface area contributed by atoms with Gasteiger partial charge in [0.2, 0.25) is 5.89 Å². The number of nitrogens with zero attached hydrogens (tertiary/aromatic N) is 2. The Morgan fingerprint density at radius 2 is 1.87 bits per heavy atom. The van der Waals surface area contributed by atoms with Gasteiger partial charge in [-0.05, 0) is 24.6 Å². The highest BCUT2D eigenvalue weighted by molar-refractivity contribution is 5.20. The first-order chi connectivity index (χ1) is 7.13. The van der Waals surface area contributed by atoms with E-state index >= 15 is 0 Å². The maximum Gasteiger partial charge on any atom is 0.231 e. The van der Waals surface area contributed by atoms with Gasteiger partial charge in [-0.15, -0.1) is 0 Å². The Labute approximate surface area is 84.7 Å². The molecule has 3 nitrogen and oxygen atoms in total. The normalized spacial score (nSPS) is 10.6. The van der Waals surface area contributed by atoms with Crippen LogP contribution in [0.2, 0.25) is 0 Å². The molecule has 1 heterocycles. The van der Waals surface area contributed by atoms with Gasteiger partial charge in [0.15, 0.2) is 5.82 Å². The van der Waals surface area contributed by atoms with Crippen LogP contribution in [0.3, 0.4) is 0 Å². The molecule has 2 rings (SSSR count). The standard InChI is InChI=1S/C10H8F2N2O/c1-6-13-10(15-14-6)4-7-2-8(11)5-9(12)3-7/h2-3,5H,4H2,1H3. The van der Waals surface area contributed by atoms with Crippen molar-refractivity contribution in [3.8, 4) is 0 Å². The molecule has 78 valence electrons. The van der Waals surface area contributed by atoms with E-state index in [0.717, 1.165) is 6.07 Å². The van der Waals surface area contributed by atoms with Gasteiger partial charge in [-0.3, -0.25) is 0 Å². The molecule has 0 amide bonds. The van der Waals surface area contributed by atoms with E-state index in [1.54, 1.807) is 6.92 Å². The van der Waals surface area contributed by atoms with Crippen LogP contribution in [0.15, 0.2) is 22.7 Å². The van der Waals surface area contributed by atoms with Gasteiger partial charge in [0.1, 0.15) is 11.6 Å². The van der Waals surface area contributed by atoms with Gasteiger partial charge in [-0.2, -0.15) is 4.98 Å². The van der Waals surface area contributed by atoms with Crippen molar-refractivity contribution in [2.24, 2.45) is 0 Å². The van der Waals surface area contributed by atoms with E-state index in [-0.39, 0.29) is 6.42 Å². The van der Waals surface area contributed by atoms with Crippen LogP contribution in [0.4, 0.5) is 8.78 Å². The zero-order chi connectivity index (χ0) is 10.8. The molecular weight excluding hydrogens is 202 g/mol. The first-order valence-corrected chi connectivity index (χ1v) is 4.37. The summed E-state index contributed by atoms with van der Waals surface area (Å²) < 4.78 is 30.5. The van der Waals surface area contributed by atoms with Crippen LogP contribution in [0.25, 0.3) is 0 Å². The van der Waals surface area contributed by atoms with Crippen molar-refractivity contribution in [3.05, 3.63) is 47.1 Å². The topological polar surface area (TPSA) is 38.9 Å². The Bertz CT molecular complexity index is 462. The molecule has 1 aromatic heterocycles. The number of halogens is 2. The molecule has 15 heavy (non-hydrogen) atoms. The summed E-state index contributed by atoms with van der Waals surface area (Å²) in [6.45, 7) is 1.68. The molecule has 1 aromatic carbocycles. The molecular formula is C10H8F2N2O. The van der Waals surface area contributed by atoms with Gasteiger partial charge < -0.3 is 4.52 Å². The van der Waals surface area contributed by atoms with Crippen molar-refractivity contribution in [2.45, 2.75) is 13.3 Å². The monoisotopic (exact) mass is 210 g/mol. The van der Waals surface area contributed by atoms with Gasteiger partial charge in [0.05, 0.1) is 6.42 Å². The first-order valence-electron chi connectivity index (χ1n) is 4.37. The third kappa shape index (κ3) is 2.37. The summed E-state index contributed by atoms with van der Waals surface area (Å²) >= 11 is 0. The predicted molar refractivity (Wildman–Crippen MR) is 48.2 cm³/mol. The summed E-state index contributed by atoms with van der Waals surface area (Å²) in [4.78, 5) is 3.94. The van der Waals surface area contributed by atoms with E-state index in [1.165, 1.54) is 12.1 Å². The molecule has 0 bridgehead atoms. The van der Waals surface area contributed by atoms with E-state index in [1.807, 2.05) is 0 Å². The lowest BCUT2D eigenvalue weighted by molar-refractivity contribution is 0.381. The fourth-order valence-electron chi connectivity index (χ4n) is 1.30. The number of hydrogen-bond acceptors (Lipinski definition) is 3. The van der Waals surface area contributed by atoms with Crippen molar-refractivity contribution in [1.29, 1.82) is 0 Å². The molecule has 0 unspecified atom stereocenters. The molecule has 0 N–H and O–H groups in total. The van der Waals surface area contributed by atoms with E-state index in [2.05, 4.69) is 10.1 Å². The molecule has 0 saturated heterocycles. The SMILES string of the molecule is Cc1noc(Cc2cc(F)cc(F)c2)n1. The van der Waals surface area contributed by atoms with Crippen LogP contribution in [0.5, 0.6) is 0 Å². The Morgan fingerprint density at radius 1 is 1.20 bits per heavy atom. The number of rotatable bonds is 2. The average Bonchev–Trinajstić information content (AvgIpc) is 2.49. The minimum atomic E-state index is -0.610. The Hall–Kier alpha value is -1.78. The predicted octanol–water partition coefficient (Wildman–Crippen LogP) is 2.25. The average molecular weight is 210 g/mol. The van der Waals surface area contributed by atoms with E-state index in [0.29, 0.717) is 17.3 Å². The summed E-state index contributed by atoms with van der Waals surface area (Å²) in [5.74, 6) is -0.373. The zero-order valence-electron chi connectivity index (χ0n) is 8.00. The summed E-state index contributed by atoms with van der Waals surface area (Å²) in [5, 5.41) is 3.58. The highest BCUT2D eigenvalue weighted by Crippen LogP contribution is 2.11. The minimum absolute atomic E-state index is 0.232. The van der Waals surface area contributed by atoms with E-state index in [9.17, 15) is 8.78 Å².